The van der Waals surface area contributed by atoms with E-state index in [1.165, 1.54) is 19.1 Å². The van der Waals surface area contributed by atoms with E-state index in [-0.39, 0.29) is 24.2 Å². The summed E-state index contributed by atoms with van der Waals surface area (Å²) in [4.78, 5) is 37.0. The van der Waals surface area contributed by atoms with Gasteiger partial charge in [0, 0.05) is 49.6 Å². The number of ether oxygens (including phenoxy) is 3. The molecule has 63 heavy (non-hydrogen) atoms. The van der Waals surface area contributed by atoms with E-state index >= 15 is 0 Å². The number of pyridine rings is 1. The van der Waals surface area contributed by atoms with Crippen LogP contribution in [0.4, 0.5) is 0 Å². The summed E-state index contributed by atoms with van der Waals surface area (Å²) in [5, 5.41) is 4.20. The van der Waals surface area contributed by atoms with Crippen molar-refractivity contribution in [2.75, 3.05) is 20.7 Å². The Morgan fingerprint density at radius 2 is 1.65 bits per heavy atom. The Bertz CT molecular complexity index is 2420. The first-order valence-corrected chi connectivity index (χ1v) is 23.1. The van der Waals surface area contributed by atoms with Gasteiger partial charge in [-0.2, -0.15) is 0 Å². The lowest BCUT2D eigenvalue weighted by Crippen LogP contribution is -2.57. The van der Waals surface area contributed by atoms with Crippen molar-refractivity contribution in [1.29, 1.82) is 0 Å². The quantitative estimate of drug-likeness (QED) is 0.124. The van der Waals surface area contributed by atoms with E-state index in [2.05, 4.69) is 77.4 Å². The first-order chi connectivity index (χ1) is 30.5. The maximum Gasteiger partial charge on any atom is 0.328 e. The van der Waals surface area contributed by atoms with Crippen LogP contribution in [-0.4, -0.2) is 65.5 Å². The van der Waals surface area contributed by atoms with Crippen LogP contribution in [0.15, 0.2) is 91.1 Å². The Kier molecular flexibility index (Phi) is 14.1. The second-order valence-electron chi connectivity index (χ2n) is 17.5. The fourth-order valence-corrected chi connectivity index (χ4v) is 9.91. The van der Waals surface area contributed by atoms with Gasteiger partial charge in [-0.3, -0.25) is 19.6 Å². The van der Waals surface area contributed by atoms with Crippen molar-refractivity contribution < 1.29 is 23.8 Å². The molecule has 3 aliphatic rings. The fourth-order valence-electron chi connectivity index (χ4n) is 9.60. The molecule has 8 rings (SSSR count). The third kappa shape index (κ3) is 10.2. The third-order valence-corrected chi connectivity index (χ3v) is 14.0. The molecular weight excluding hydrogens is 832 g/mol. The van der Waals surface area contributed by atoms with Gasteiger partial charge < -0.3 is 19.5 Å². The van der Waals surface area contributed by atoms with Gasteiger partial charge in [0.1, 0.15) is 29.7 Å². The van der Waals surface area contributed by atoms with Crippen LogP contribution in [0.3, 0.4) is 0 Å². The van der Waals surface area contributed by atoms with E-state index in [1.807, 2.05) is 61.7 Å². The zero-order valence-electron chi connectivity index (χ0n) is 37.0. The number of carbonyl (C=O) groups excluding carboxylic acids is 2. The zero-order valence-corrected chi connectivity index (χ0v) is 38.5. The number of hydrogen-bond acceptors (Lipinski definition) is 8. The molecule has 4 atom stereocenters. The number of aromatic nitrogens is 1. The Hall–Kier alpha value is -4.93. The van der Waals surface area contributed by atoms with Crippen LogP contribution in [0.5, 0.6) is 11.5 Å². The van der Waals surface area contributed by atoms with Gasteiger partial charge in [-0.25, -0.2) is 4.79 Å². The van der Waals surface area contributed by atoms with Gasteiger partial charge in [0.15, 0.2) is 0 Å². The van der Waals surface area contributed by atoms with E-state index in [0.29, 0.717) is 36.0 Å². The molecule has 1 fully saturated rings. The molecule has 11 heteroatoms. The number of fused-ring (bicyclic) bond motifs is 2. The lowest BCUT2D eigenvalue weighted by molar-refractivity contribution is -0.146. The molecule has 0 bridgehead atoms. The molecule has 1 aliphatic carbocycles. The van der Waals surface area contributed by atoms with Crippen molar-refractivity contribution in [2.45, 2.75) is 116 Å². The predicted octanol–water partition coefficient (Wildman–Crippen LogP) is 10.7. The second-order valence-corrected chi connectivity index (χ2v) is 18.3. The third-order valence-electron chi connectivity index (χ3n) is 13.3. The molecular formula is C52H58Cl2N4O5. The summed E-state index contributed by atoms with van der Waals surface area (Å²) in [5.41, 5.74) is 10.8. The summed E-state index contributed by atoms with van der Waals surface area (Å²) in [7, 11) is 3.50. The number of aryl methyl sites for hydroxylation is 1. The van der Waals surface area contributed by atoms with Gasteiger partial charge in [-0.1, -0.05) is 97.9 Å². The van der Waals surface area contributed by atoms with Crippen molar-refractivity contribution in [1.82, 2.24) is 20.1 Å². The minimum absolute atomic E-state index is 0.140. The topological polar surface area (TPSA) is 93.2 Å². The molecule has 9 nitrogen and oxygen atoms in total. The molecule has 0 saturated heterocycles. The number of halogens is 2. The minimum atomic E-state index is -0.824. The van der Waals surface area contributed by atoms with E-state index in [0.717, 1.165) is 100 Å². The summed E-state index contributed by atoms with van der Waals surface area (Å²) >= 11 is 12.5. The molecule has 2 aliphatic heterocycles. The van der Waals surface area contributed by atoms with E-state index in [9.17, 15) is 9.59 Å². The predicted molar refractivity (Wildman–Crippen MR) is 249 cm³/mol. The van der Waals surface area contributed by atoms with Crippen molar-refractivity contribution in [2.24, 2.45) is 0 Å². The number of nitrogens with one attached hydrogen (secondary N) is 1. The maximum atomic E-state index is 14.6. The highest BCUT2D eigenvalue weighted by atomic mass is 35.5. The highest BCUT2D eigenvalue weighted by Crippen LogP contribution is 2.39. The van der Waals surface area contributed by atoms with Crippen LogP contribution in [0.25, 0.3) is 11.1 Å². The molecule has 0 radical (unpaired) electrons. The molecule has 1 saturated carbocycles. The van der Waals surface area contributed by atoms with Crippen molar-refractivity contribution >= 4 is 35.1 Å². The van der Waals surface area contributed by atoms with Crippen LogP contribution < -0.4 is 14.8 Å². The van der Waals surface area contributed by atoms with Gasteiger partial charge in [0.25, 0.3) is 0 Å². The molecule has 3 heterocycles. The number of methoxy groups -OCH3 is 1. The van der Waals surface area contributed by atoms with E-state index < -0.39 is 18.1 Å². The van der Waals surface area contributed by atoms with Crippen molar-refractivity contribution in [3.8, 4) is 22.6 Å². The summed E-state index contributed by atoms with van der Waals surface area (Å²) in [6.07, 6.45) is 8.71. The largest absolute Gasteiger partial charge is 0.486 e. The zero-order chi connectivity index (χ0) is 44.2. The highest BCUT2D eigenvalue weighted by molar-refractivity contribution is 6.42. The SMILES string of the molecule is CC[C@@H](Oc1ccc([C@H]2CN(C)Cc3cc4c(cc3O2)CN(C2CCCCC2)[C@H](C(=O)N[C@@H](Cc2ccc(-c3ccnc(C)c3C)cc2)C(=O)OC)C4)cc1)c1ccc(Cl)c(Cl)c1. The van der Waals surface area contributed by atoms with Gasteiger partial charge in [-0.15, -0.1) is 0 Å². The summed E-state index contributed by atoms with van der Waals surface area (Å²) in [6.45, 7) is 8.24. The van der Waals surface area contributed by atoms with Crippen molar-refractivity contribution in [3.05, 3.63) is 146 Å². The molecule has 1 N–H and O–H groups in total. The molecule has 0 spiro atoms. The molecule has 1 amide bonds. The Morgan fingerprint density at radius 1 is 0.889 bits per heavy atom. The average Bonchev–Trinajstić information content (AvgIpc) is 3.46. The lowest BCUT2D eigenvalue weighted by Gasteiger charge is -2.43. The van der Waals surface area contributed by atoms with Gasteiger partial charge in [0.2, 0.25) is 5.91 Å². The second kappa shape index (κ2) is 19.9. The monoisotopic (exact) mass is 888 g/mol. The summed E-state index contributed by atoms with van der Waals surface area (Å²) < 4.78 is 18.6. The number of rotatable bonds is 12. The van der Waals surface area contributed by atoms with Crippen LogP contribution >= 0.6 is 23.2 Å². The molecule has 1 aromatic heterocycles. The number of carbonyl (C=O) groups is 2. The molecule has 4 aromatic carbocycles. The van der Waals surface area contributed by atoms with E-state index in [4.69, 9.17) is 37.4 Å². The van der Waals surface area contributed by atoms with Gasteiger partial charge >= 0.3 is 5.97 Å². The Balaban J connectivity index is 0.997. The summed E-state index contributed by atoms with van der Waals surface area (Å²) in [6, 6.07) is 27.5. The van der Waals surface area contributed by atoms with Crippen LogP contribution in [0.1, 0.15) is 102 Å². The first kappa shape index (κ1) is 44.7. The number of benzene rings is 4. The number of likely N-dealkylation sites (N-methyl/N-ethyl adjacent to an activating group) is 1. The molecule has 0 unspecified atom stereocenters. The lowest BCUT2D eigenvalue weighted by atomic mass is 9.86. The number of amides is 1. The van der Waals surface area contributed by atoms with Crippen LogP contribution in [0, 0.1) is 13.8 Å². The highest BCUT2D eigenvalue weighted by Gasteiger charge is 2.39. The van der Waals surface area contributed by atoms with E-state index in [1.54, 1.807) is 0 Å². The fraction of sp³-hybridized carbons (Fsp3) is 0.404. The Labute approximate surface area is 382 Å². The standard InChI is InChI=1S/C52H58Cl2N4O5/c1-6-48(37-18-21-44(53)45(54)26-37)62-42-19-16-36(17-20-42)50-31-57(4)29-40-25-38-27-47(58(41-10-8-7-9-11-41)30-39(38)28-49(40)63-50)51(59)56-46(52(60)61-5)24-34-12-14-35(15-13-34)43-22-23-55-33(3)32(43)2/h12-23,25-26,28,41,46-48,50H,6-11,24,27,29-31H2,1-5H3,(H,56,59)/t46-,47-,48+,50+/m0/s1. The Morgan fingerprint density at radius 3 is 2.37 bits per heavy atom. The molecule has 5 aromatic rings. The molecule has 330 valence electrons. The number of nitrogens with zero attached hydrogens (tertiary/aromatic N) is 3. The van der Waals surface area contributed by atoms with Gasteiger partial charge in [-0.05, 0) is 127 Å². The average molecular weight is 890 g/mol. The minimum Gasteiger partial charge on any atom is -0.486 e. The van der Waals surface area contributed by atoms with Crippen LogP contribution in [0.2, 0.25) is 10.0 Å². The summed E-state index contributed by atoms with van der Waals surface area (Å²) in [5.74, 6) is 1.06. The first-order valence-electron chi connectivity index (χ1n) is 22.3. The number of hydrogen-bond donors (Lipinski definition) is 1. The smallest absolute Gasteiger partial charge is 0.328 e. The number of esters is 1. The normalized spacial score (nSPS) is 19.2. The van der Waals surface area contributed by atoms with Gasteiger partial charge in [0.05, 0.1) is 23.2 Å². The maximum absolute atomic E-state index is 14.6. The van der Waals surface area contributed by atoms with Crippen molar-refractivity contribution in [3.63, 3.8) is 0 Å². The van der Waals surface area contributed by atoms with Crippen LogP contribution in [-0.2, 0) is 40.3 Å².